The van der Waals surface area contributed by atoms with Crippen LogP contribution in [-0.2, 0) is 38.4 Å². The topological polar surface area (TPSA) is 57.1 Å². The molecule has 0 aromatic heterocycles. The summed E-state index contributed by atoms with van der Waals surface area (Å²) in [7, 11) is -0.377. The Morgan fingerprint density at radius 1 is 1.00 bits per heavy atom. The van der Waals surface area contributed by atoms with Crippen LogP contribution in [0.5, 0.6) is 0 Å². The van der Waals surface area contributed by atoms with E-state index in [4.69, 9.17) is 14.1 Å². The summed E-state index contributed by atoms with van der Waals surface area (Å²) in [6.07, 6.45) is 11.6. The smallest absolute Gasteiger partial charge is 0.399 e. The van der Waals surface area contributed by atoms with E-state index in [1.165, 1.54) is 48.8 Å². The van der Waals surface area contributed by atoms with Crippen LogP contribution in [0.3, 0.4) is 0 Å². The molecule has 1 aliphatic heterocycles. The number of carbonyl (C=O) groups excluding carboxylic acids is 1. The van der Waals surface area contributed by atoms with Gasteiger partial charge in [0.15, 0.2) is 0 Å². The summed E-state index contributed by atoms with van der Waals surface area (Å²) in [5.74, 6) is 1.46. The average molecular weight is 558 g/mol. The van der Waals surface area contributed by atoms with Crippen LogP contribution in [0, 0.1) is 11.8 Å². The SMILES string of the molecule is CCc1cc(/C(C)=N/OCc2ccc(C3CCCCC3)c(B3OC(C)(C)C(C)(C)O3)c2)ccc1CC1CC(C=O)C1. The summed E-state index contributed by atoms with van der Waals surface area (Å²) in [4.78, 5) is 16.9. The van der Waals surface area contributed by atoms with Gasteiger partial charge in [0.05, 0.1) is 16.9 Å². The van der Waals surface area contributed by atoms with Gasteiger partial charge in [-0.25, -0.2) is 0 Å². The molecule has 0 spiro atoms. The van der Waals surface area contributed by atoms with Crippen molar-refractivity contribution in [2.75, 3.05) is 0 Å². The first-order valence-corrected chi connectivity index (χ1v) is 15.8. The lowest BCUT2D eigenvalue weighted by Gasteiger charge is -2.32. The lowest BCUT2D eigenvalue weighted by Crippen LogP contribution is -2.41. The fourth-order valence-corrected chi connectivity index (χ4v) is 6.69. The van der Waals surface area contributed by atoms with Crippen molar-refractivity contribution in [3.63, 3.8) is 0 Å². The van der Waals surface area contributed by atoms with Crippen molar-refractivity contribution >= 4 is 24.6 Å². The second-order valence-corrected chi connectivity index (χ2v) is 13.6. The average Bonchev–Trinajstić information content (AvgIpc) is 3.17. The highest BCUT2D eigenvalue weighted by Crippen LogP contribution is 2.39. The number of rotatable bonds is 10. The van der Waals surface area contributed by atoms with Crippen LogP contribution in [0.15, 0.2) is 41.6 Å². The van der Waals surface area contributed by atoms with Crippen molar-refractivity contribution in [3.8, 4) is 0 Å². The lowest BCUT2D eigenvalue weighted by molar-refractivity contribution is -0.114. The van der Waals surface area contributed by atoms with Crippen molar-refractivity contribution < 1.29 is 18.9 Å². The summed E-state index contributed by atoms with van der Waals surface area (Å²) < 4.78 is 13.0. The maximum atomic E-state index is 11.0. The molecule has 0 N–H and O–H groups in total. The van der Waals surface area contributed by atoms with Gasteiger partial charge in [-0.3, -0.25) is 0 Å². The van der Waals surface area contributed by atoms with Gasteiger partial charge in [0.1, 0.15) is 12.9 Å². The van der Waals surface area contributed by atoms with Gasteiger partial charge in [-0.2, -0.15) is 0 Å². The molecule has 0 radical (unpaired) electrons. The molecule has 2 saturated carbocycles. The number of nitrogens with zero attached hydrogens (tertiary/aromatic N) is 1. The summed E-state index contributed by atoms with van der Waals surface area (Å²) in [5.41, 5.74) is 7.55. The predicted octanol–water partition coefficient (Wildman–Crippen LogP) is 7.30. The molecule has 2 aliphatic carbocycles. The highest BCUT2D eigenvalue weighted by molar-refractivity contribution is 6.62. The molecule has 2 aromatic rings. The molecule has 1 heterocycles. The van der Waals surface area contributed by atoms with Crippen LogP contribution in [0.25, 0.3) is 0 Å². The number of oxime groups is 1. The zero-order valence-corrected chi connectivity index (χ0v) is 26.0. The first kappa shape index (κ1) is 30.0. The van der Waals surface area contributed by atoms with Gasteiger partial charge in [-0.05, 0) is 124 Å². The summed E-state index contributed by atoms with van der Waals surface area (Å²) >= 11 is 0. The van der Waals surface area contributed by atoms with Gasteiger partial charge in [0.25, 0.3) is 0 Å². The third kappa shape index (κ3) is 6.64. The Morgan fingerprint density at radius 2 is 1.71 bits per heavy atom. The number of aldehydes is 1. The molecule has 0 bridgehead atoms. The van der Waals surface area contributed by atoms with Crippen molar-refractivity contribution in [2.24, 2.45) is 17.0 Å². The number of aryl methyl sites for hydroxylation is 1. The van der Waals surface area contributed by atoms with E-state index in [2.05, 4.69) is 76.2 Å². The van der Waals surface area contributed by atoms with E-state index in [0.717, 1.165) is 54.3 Å². The molecular formula is C35H48BNO4. The Morgan fingerprint density at radius 3 is 2.37 bits per heavy atom. The minimum Gasteiger partial charge on any atom is -0.399 e. The van der Waals surface area contributed by atoms with Crippen LogP contribution in [0.4, 0.5) is 0 Å². The maximum Gasteiger partial charge on any atom is 0.495 e. The largest absolute Gasteiger partial charge is 0.495 e. The monoisotopic (exact) mass is 557 g/mol. The van der Waals surface area contributed by atoms with E-state index in [9.17, 15) is 4.79 Å². The van der Waals surface area contributed by atoms with Crippen molar-refractivity contribution in [2.45, 2.75) is 123 Å². The van der Waals surface area contributed by atoms with Crippen LogP contribution in [-0.4, -0.2) is 30.3 Å². The Kier molecular flexibility index (Phi) is 9.11. The third-order valence-corrected chi connectivity index (χ3v) is 10.1. The fourth-order valence-electron chi connectivity index (χ4n) is 6.69. The second kappa shape index (κ2) is 12.4. The molecule has 220 valence electrons. The molecule has 3 aliphatic rings. The minimum atomic E-state index is -0.377. The standard InChI is InChI=1S/C35H48BNO4/c1-7-28-21-30(14-15-31(28)19-26-17-27(18-26)22-38)24(2)37-39-23-25-13-16-32(29-11-9-8-10-12-29)33(20-25)36-40-34(3,4)35(5,6)41-36/h13-16,20-22,26-27,29H,7-12,17-19,23H2,1-6H3/b37-24+. The lowest BCUT2D eigenvalue weighted by atomic mass is 9.70. The molecule has 0 amide bonds. The van der Waals surface area contributed by atoms with Gasteiger partial charge < -0.3 is 18.9 Å². The van der Waals surface area contributed by atoms with Gasteiger partial charge in [-0.1, -0.05) is 61.7 Å². The zero-order chi connectivity index (χ0) is 29.2. The molecule has 1 saturated heterocycles. The van der Waals surface area contributed by atoms with E-state index < -0.39 is 0 Å². The number of hydrogen-bond donors (Lipinski definition) is 0. The first-order valence-electron chi connectivity index (χ1n) is 15.8. The second-order valence-electron chi connectivity index (χ2n) is 13.6. The van der Waals surface area contributed by atoms with Gasteiger partial charge >= 0.3 is 7.12 Å². The van der Waals surface area contributed by atoms with E-state index in [0.29, 0.717) is 18.4 Å². The van der Waals surface area contributed by atoms with Crippen LogP contribution in [0.1, 0.15) is 120 Å². The number of hydrogen-bond acceptors (Lipinski definition) is 5. The Balaban J connectivity index is 1.28. The summed E-state index contributed by atoms with van der Waals surface area (Å²) in [6.45, 7) is 13.1. The third-order valence-electron chi connectivity index (χ3n) is 10.1. The molecule has 0 atom stereocenters. The van der Waals surface area contributed by atoms with Gasteiger partial charge in [0.2, 0.25) is 0 Å². The van der Waals surface area contributed by atoms with Gasteiger partial charge in [-0.15, -0.1) is 0 Å². The van der Waals surface area contributed by atoms with E-state index in [-0.39, 0.29) is 24.2 Å². The Hall–Kier alpha value is -2.44. The van der Waals surface area contributed by atoms with Crippen LogP contribution < -0.4 is 5.46 Å². The first-order chi connectivity index (χ1) is 19.6. The normalized spacial score (nSPS) is 24.2. The van der Waals surface area contributed by atoms with Gasteiger partial charge in [0, 0.05) is 5.92 Å². The minimum absolute atomic E-state index is 0.271. The molecule has 5 nitrogen and oxygen atoms in total. The molecule has 6 heteroatoms. The van der Waals surface area contributed by atoms with Crippen LogP contribution >= 0.6 is 0 Å². The Labute approximate surface area is 247 Å². The van der Waals surface area contributed by atoms with Crippen LogP contribution in [0.2, 0.25) is 0 Å². The van der Waals surface area contributed by atoms with Crippen molar-refractivity contribution in [1.29, 1.82) is 0 Å². The molecule has 41 heavy (non-hydrogen) atoms. The van der Waals surface area contributed by atoms with Crippen molar-refractivity contribution in [1.82, 2.24) is 0 Å². The molecule has 2 aromatic carbocycles. The summed E-state index contributed by atoms with van der Waals surface area (Å²) in [5, 5.41) is 4.50. The zero-order valence-electron chi connectivity index (χ0n) is 26.0. The van der Waals surface area contributed by atoms with E-state index in [1.54, 1.807) is 0 Å². The van der Waals surface area contributed by atoms with E-state index >= 15 is 0 Å². The van der Waals surface area contributed by atoms with Crippen molar-refractivity contribution in [3.05, 3.63) is 64.2 Å². The predicted molar refractivity (Wildman–Crippen MR) is 167 cm³/mol. The summed E-state index contributed by atoms with van der Waals surface area (Å²) in [6, 6.07) is 13.3. The Bertz CT molecular complexity index is 1240. The quantitative estimate of drug-likeness (QED) is 0.133. The molecule has 0 unspecified atom stereocenters. The molecule has 5 rings (SSSR count). The highest BCUT2D eigenvalue weighted by atomic mass is 16.7. The number of benzene rings is 2. The van der Waals surface area contributed by atoms with E-state index in [1.807, 2.05) is 6.92 Å². The fraction of sp³-hybridized carbons (Fsp3) is 0.600. The maximum absolute atomic E-state index is 11.0. The molecular weight excluding hydrogens is 509 g/mol. The number of carbonyl (C=O) groups is 1. The highest BCUT2D eigenvalue weighted by Gasteiger charge is 2.52. The molecule has 3 fully saturated rings.